The lowest BCUT2D eigenvalue weighted by Crippen LogP contribution is -2.26. The van der Waals surface area contributed by atoms with Crippen molar-refractivity contribution in [3.05, 3.63) is 39.9 Å². The molecule has 0 aliphatic heterocycles. The second kappa shape index (κ2) is 6.78. The van der Waals surface area contributed by atoms with Crippen LogP contribution in [0.25, 0.3) is 0 Å². The summed E-state index contributed by atoms with van der Waals surface area (Å²) >= 11 is 0. The van der Waals surface area contributed by atoms with Crippen LogP contribution < -0.4 is 5.32 Å². The maximum Gasteiger partial charge on any atom is 0.269 e. The number of aliphatic hydroxyl groups excluding tert-OH is 2. The molecule has 3 atom stereocenters. The second-order valence-corrected chi connectivity index (χ2v) is 5.36. The molecular formula is C14H20N2O4. The molecule has 1 aromatic carbocycles. The van der Waals surface area contributed by atoms with Crippen molar-refractivity contribution >= 4 is 5.69 Å². The molecule has 0 radical (unpaired) electrons. The maximum absolute atomic E-state index is 10.5. The molecule has 20 heavy (non-hydrogen) atoms. The lowest BCUT2D eigenvalue weighted by atomic mass is 10.1. The van der Waals surface area contributed by atoms with Crippen LogP contribution in [0.3, 0.4) is 0 Å². The largest absolute Gasteiger partial charge is 0.393 e. The third kappa shape index (κ3) is 4.00. The van der Waals surface area contributed by atoms with Crippen molar-refractivity contribution in [3.63, 3.8) is 0 Å². The van der Waals surface area contributed by atoms with Crippen molar-refractivity contribution in [1.29, 1.82) is 0 Å². The number of aliphatic hydroxyl groups is 2. The predicted molar refractivity (Wildman–Crippen MR) is 74.3 cm³/mol. The molecule has 1 saturated carbocycles. The fraction of sp³-hybridized carbons (Fsp3) is 0.571. The molecule has 0 bridgehead atoms. The zero-order valence-corrected chi connectivity index (χ0v) is 11.2. The number of nitrogens with one attached hydrogen (secondary N) is 1. The molecule has 0 aromatic heterocycles. The summed E-state index contributed by atoms with van der Waals surface area (Å²) in [5.41, 5.74) is 0.684. The van der Waals surface area contributed by atoms with Crippen LogP contribution in [-0.2, 0) is 0 Å². The van der Waals surface area contributed by atoms with E-state index in [0.717, 1.165) is 25.8 Å². The van der Waals surface area contributed by atoms with Crippen LogP contribution in [0.5, 0.6) is 0 Å². The zero-order valence-electron chi connectivity index (χ0n) is 11.2. The number of nitro benzene ring substituents is 1. The summed E-state index contributed by atoms with van der Waals surface area (Å²) in [7, 11) is 0. The molecule has 110 valence electrons. The van der Waals surface area contributed by atoms with Gasteiger partial charge < -0.3 is 15.5 Å². The van der Waals surface area contributed by atoms with E-state index in [1.54, 1.807) is 12.1 Å². The average Bonchev–Trinajstić information content (AvgIpc) is 2.84. The van der Waals surface area contributed by atoms with Crippen LogP contribution >= 0.6 is 0 Å². The van der Waals surface area contributed by atoms with E-state index in [1.165, 1.54) is 12.1 Å². The zero-order chi connectivity index (χ0) is 14.5. The first-order valence-electron chi connectivity index (χ1n) is 6.87. The summed E-state index contributed by atoms with van der Waals surface area (Å²) in [6.07, 6.45) is 1.84. The number of nitro groups is 1. The quantitative estimate of drug-likeness (QED) is 0.540. The summed E-state index contributed by atoms with van der Waals surface area (Å²) in [4.78, 5) is 10.1. The first kappa shape index (κ1) is 14.9. The van der Waals surface area contributed by atoms with E-state index in [9.17, 15) is 20.3 Å². The number of hydrogen-bond acceptors (Lipinski definition) is 5. The SMILES string of the molecule is O=[N+]([O-])c1ccc(C(O)CNCC2CCC(O)C2)cc1. The van der Waals surface area contributed by atoms with Gasteiger partial charge >= 0.3 is 0 Å². The van der Waals surface area contributed by atoms with Crippen LogP contribution in [0.1, 0.15) is 30.9 Å². The highest BCUT2D eigenvalue weighted by Crippen LogP contribution is 2.24. The van der Waals surface area contributed by atoms with Crippen molar-refractivity contribution in [3.8, 4) is 0 Å². The smallest absolute Gasteiger partial charge is 0.269 e. The Morgan fingerprint density at radius 2 is 2.05 bits per heavy atom. The summed E-state index contributed by atoms with van der Waals surface area (Å²) < 4.78 is 0. The van der Waals surface area contributed by atoms with Crippen LogP contribution in [-0.4, -0.2) is 34.3 Å². The number of rotatable bonds is 6. The molecule has 0 amide bonds. The van der Waals surface area contributed by atoms with Gasteiger partial charge in [-0.05, 0) is 49.4 Å². The number of non-ortho nitro benzene ring substituents is 1. The minimum absolute atomic E-state index is 0.0221. The molecule has 3 unspecified atom stereocenters. The third-order valence-corrected chi connectivity index (χ3v) is 3.77. The van der Waals surface area contributed by atoms with Crippen molar-refractivity contribution in [1.82, 2.24) is 5.32 Å². The summed E-state index contributed by atoms with van der Waals surface area (Å²) in [5.74, 6) is 0.467. The number of nitrogens with zero attached hydrogens (tertiary/aromatic N) is 1. The first-order chi connectivity index (χ1) is 9.56. The summed E-state index contributed by atoms with van der Waals surface area (Å²) in [5, 5.41) is 33.1. The maximum atomic E-state index is 10.5. The molecule has 6 nitrogen and oxygen atoms in total. The summed E-state index contributed by atoms with van der Waals surface area (Å²) in [6, 6.07) is 5.94. The monoisotopic (exact) mass is 280 g/mol. The van der Waals surface area contributed by atoms with Crippen molar-refractivity contribution in [2.45, 2.75) is 31.5 Å². The van der Waals surface area contributed by atoms with Gasteiger partial charge in [-0.2, -0.15) is 0 Å². The van der Waals surface area contributed by atoms with Gasteiger partial charge in [-0.3, -0.25) is 10.1 Å². The highest BCUT2D eigenvalue weighted by molar-refractivity contribution is 5.33. The van der Waals surface area contributed by atoms with Crippen LogP contribution in [0.2, 0.25) is 0 Å². The van der Waals surface area contributed by atoms with Gasteiger partial charge in [-0.25, -0.2) is 0 Å². The number of hydrogen-bond donors (Lipinski definition) is 3. The fourth-order valence-corrected chi connectivity index (χ4v) is 2.59. The van der Waals surface area contributed by atoms with E-state index >= 15 is 0 Å². The average molecular weight is 280 g/mol. The minimum Gasteiger partial charge on any atom is -0.393 e. The molecule has 0 heterocycles. The molecular weight excluding hydrogens is 260 g/mol. The Hall–Kier alpha value is -1.50. The van der Waals surface area contributed by atoms with Crippen molar-refractivity contribution in [2.75, 3.05) is 13.1 Å². The van der Waals surface area contributed by atoms with E-state index in [2.05, 4.69) is 5.32 Å². The third-order valence-electron chi connectivity index (χ3n) is 3.77. The van der Waals surface area contributed by atoms with Crippen molar-refractivity contribution in [2.24, 2.45) is 5.92 Å². The fourth-order valence-electron chi connectivity index (χ4n) is 2.59. The van der Waals surface area contributed by atoms with Gasteiger partial charge in [0.15, 0.2) is 0 Å². The molecule has 1 aliphatic carbocycles. The topological polar surface area (TPSA) is 95.6 Å². The minimum atomic E-state index is -0.679. The lowest BCUT2D eigenvalue weighted by molar-refractivity contribution is -0.384. The lowest BCUT2D eigenvalue weighted by Gasteiger charge is -2.15. The highest BCUT2D eigenvalue weighted by atomic mass is 16.6. The van der Waals surface area contributed by atoms with E-state index < -0.39 is 11.0 Å². The molecule has 0 spiro atoms. The number of benzene rings is 1. The van der Waals surface area contributed by atoms with E-state index in [0.29, 0.717) is 18.0 Å². The van der Waals surface area contributed by atoms with Crippen LogP contribution in [0.4, 0.5) is 5.69 Å². The van der Waals surface area contributed by atoms with E-state index in [1.807, 2.05) is 0 Å². The normalized spacial score (nSPS) is 23.7. The molecule has 1 fully saturated rings. The summed E-state index contributed by atoms with van der Waals surface area (Å²) in [6.45, 7) is 1.19. The Labute approximate surface area is 117 Å². The second-order valence-electron chi connectivity index (χ2n) is 5.36. The van der Waals surface area contributed by atoms with Gasteiger partial charge in [0, 0.05) is 18.7 Å². The molecule has 1 aliphatic rings. The molecule has 6 heteroatoms. The van der Waals surface area contributed by atoms with Crippen LogP contribution in [0, 0.1) is 16.0 Å². The van der Waals surface area contributed by atoms with Gasteiger partial charge in [0.25, 0.3) is 5.69 Å². The predicted octanol–water partition coefficient (Wildman–Crippen LogP) is 1.38. The molecule has 0 saturated heterocycles. The highest BCUT2D eigenvalue weighted by Gasteiger charge is 2.22. The van der Waals surface area contributed by atoms with E-state index in [-0.39, 0.29) is 11.8 Å². The van der Waals surface area contributed by atoms with Gasteiger partial charge in [0.1, 0.15) is 0 Å². The van der Waals surface area contributed by atoms with Gasteiger partial charge in [-0.1, -0.05) is 0 Å². The Morgan fingerprint density at radius 3 is 2.60 bits per heavy atom. The first-order valence-corrected chi connectivity index (χ1v) is 6.87. The Bertz CT molecular complexity index is 449. The molecule has 2 rings (SSSR count). The van der Waals surface area contributed by atoms with Gasteiger partial charge in [-0.15, -0.1) is 0 Å². The van der Waals surface area contributed by atoms with Gasteiger partial charge in [0.2, 0.25) is 0 Å². The molecule has 1 aromatic rings. The molecule has 3 N–H and O–H groups in total. The van der Waals surface area contributed by atoms with E-state index in [4.69, 9.17) is 0 Å². The Morgan fingerprint density at radius 1 is 1.35 bits per heavy atom. The van der Waals surface area contributed by atoms with Gasteiger partial charge in [0.05, 0.1) is 17.1 Å². The van der Waals surface area contributed by atoms with Crippen molar-refractivity contribution < 1.29 is 15.1 Å². The Kier molecular flexibility index (Phi) is 5.05. The standard InChI is InChI=1S/C14H20N2O4/c17-13-6-1-10(7-13)8-15-9-14(18)11-2-4-12(5-3-11)16(19)20/h2-5,10,13-15,17-18H,1,6-9H2. The van der Waals surface area contributed by atoms with Crippen LogP contribution in [0.15, 0.2) is 24.3 Å². The Balaban J connectivity index is 1.76.